The molecule has 0 aliphatic rings. The quantitative estimate of drug-likeness (QED) is 0.638. The van der Waals surface area contributed by atoms with Gasteiger partial charge in [-0.25, -0.2) is 17.6 Å². The van der Waals surface area contributed by atoms with Crippen molar-refractivity contribution >= 4 is 21.6 Å². The molecule has 0 aliphatic heterocycles. The molecule has 0 spiro atoms. The van der Waals surface area contributed by atoms with Crippen molar-refractivity contribution < 1.29 is 17.6 Å². The van der Waals surface area contributed by atoms with Crippen molar-refractivity contribution in [1.82, 2.24) is 0 Å². The van der Waals surface area contributed by atoms with E-state index in [1.807, 2.05) is 0 Å². The van der Waals surface area contributed by atoms with Gasteiger partial charge in [-0.1, -0.05) is 6.07 Å². The number of benzene rings is 2. The summed E-state index contributed by atoms with van der Waals surface area (Å²) < 4.78 is 52.0. The molecule has 0 aromatic heterocycles. The smallest absolute Gasteiger partial charge is 0.194 e. The number of anilines is 1. The van der Waals surface area contributed by atoms with Crippen LogP contribution in [0, 0.1) is 23.3 Å². The molecule has 2 aromatic carbocycles. The van der Waals surface area contributed by atoms with Crippen LogP contribution < -0.4 is 5.32 Å². The Bertz CT molecular complexity index is 593. The van der Waals surface area contributed by atoms with Crippen LogP contribution in [0.2, 0.25) is 0 Å². The Morgan fingerprint density at radius 1 is 0.895 bits per heavy atom. The van der Waals surface area contributed by atoms with Gasteiger partial charge in [0.15, 0.2) is 17.5 Å². The van der Waals surface area contributed by atoms with E-state index in [1.165, 1.54) is 12.1 Å². The lowest BCUT2D eigenvalue weighted by Gasteiger charge is -2.08. The normalized spacial score (nSPS) is 10.6. The van der Waals surface area contributed by atoms with Gasteiger partial charge in [0, 0.05) is 24.4 Å². The average molecular weight is 334 g/mol. The fourth-order valence-corrected chi connectivity index (χ4v) is 1.94. The second kappa shape index (κ2) is 5.61. The van der Waals surface area contributed by atoms with E-state index in [-0.39, 0.29) is 12.2 Å². The first-order valence-corrected chi connectivity index (χ1v) is 6.09. The van der Waals surface area contributed by atoms with E-state index >= 15 is 0 Å². The Morgan fingerprint density at radius 3 is 2.11 bits per heavy atom. The molecule has 19 heavy (non-hydrogen) atoms. The summed E-state index contributed by atoms with van der Waals surface area (Å²) in [7, 11) is 0. The predicted octanol–water partition coefficient (Wildman–Crippen LogP) is 4.62. The minimum atomic E-state index is -1.50. The van der Waals surface area contributed by atoms with Gasteiger partial charge in [0.25, 0.3) is 0 Å². The molecule has 0 radical (unpaired) electrons. The minimum Gasteiger partial charge on any atom is -0.381 e. The molecule has 0 aliphatic carbocycles. The summed E-state index contributed by atoms with van der Waals surface area (Å²) in [6.07, 6.45) is 0. The maximum Gasteiger partial charge on any atom is 0.194 e. The van der Waals surface area contributed by atoms with Crippen LogP contribution in [0.25, 0.3) is 0 Å². The minimum absolute atomic E-state index is 0.108. The standard InChI is InChI=1S/C13H8BrF4N/c14-9-3-7(1-2-10(9)15)6-19-8-4-11(16)13(18)12(17)5-8/h1-5,19H,6H2. The number of hydrogen-bond acceptors (Lipinski definition) is 1. The van der Waals surface area contributed by atoms with Gasteiger partial charge in [-0.15, -0.1) is 0 Å². The third-order valence-corrected chi connectivity index (χ3v) is 3.07. The van der Waals surface area contributed by atoms with Crippen LogP contribution in [-0.4, -0.2) is 0 Å². The van der Waals surface area contributed by atoms with E-state index in [0.29, 0.717) is 10.0 Å². The average Bonchev–Trinajstić information content (AvgIpc) is 2.37. The summed E-state index contributed by atoms with van der Waals surface area (Å²) in [4.78, 5) is 0. The number of hydrogen-bond donors (Lipinski definition) is 1. The predicted molar refractivity (Wildman–Crippen MR) is 67.7 cm³/mol. The Labute approximate surface area is 115 Å². The SMILES string of the molecule is Fc1ccc(CNc2cc(F)c(F)c(F)c2)cc1Br. The Morgan fingerprint density at radius 2 is 1.53 bits per heavy atom. The van der Waals surface area contributed by atoms with E-state index in [9.17, 15) is 17.6 Å². The summed E-state index contributed by atoms with van der Waals surface area (Å²) in [5.74, 6) is -4.43. The first kappa shape index (κ1) is 13.9. The molecule has 0 atom stereocenters. The maximum absolute atomic E-state index is 13.0. The zero-order chi connectivity index (χ0) is 14.0. The first-order valence-electron chi connectivity index (χ1n) is 5.29. The van der Waals surface area contributed by atoms with Crippen LogP contribution >= 0.6 is 15.9 Å². The molecule has 0 unspecified atom stereocenters. The molecule has 0 saturated carbocycles. The number of halogens is 5. The van der Waals surface area contributed by atoms with Gasteiger partial charge in [0.2, 0.25) is 0 Å². The summed E-state index contributed by atoms with van der Waals surface area (Å²) in [6, 6.07) is 6.06. The van der Waals surface area contributed by atoms with Crippen molar-refractivity contribution in [3.05, 3.63) is 63.6 Å². The van der Waals surface area contributed by atoms with E-state index in [0.717, 1.165) is 12.1 Å². The topological polar surface area (TPSA) is 12.0 Å². The Balaban J connectivity index is 2.12. The van der Waals surface area contributed by atoms with Gasteiger partial charge < -0.3 is 5.32 Å². The highest BCUT2D eigenvalue weighted by atomic mass is 79.9. The fourth-order valence-electron chi connectivity index (χ4n) is 1.51. The van der Waals surface area contributed by atoms with Gasteiger partial charge in [-0.2, -0.15) is 0 Å². The van der Waals surface area contributed by atoms with Crippen molar-refractivity contribution in [3.63, 3.8) is 0 Å². The summed E-state index contributed by atoms with van der Waals surface area (Å²) in [6.45, 7) is 0.226. The molecular weight excluding hydrogens is 326 g/mol. The van der Waals surface area contributed by atoms with Crippen LogP contribution in [-0.2, 0) is 6.54 Å². The van der Waals surface area contributed by atoms with Crippen LogP contribution in [0.1, 0.15) is 5.56 Å². The van der Waals surface area contributed by atoms with Crippen molar-refractivity contribution in [1.29, 1.82) is 0 Å². The monoisotopic (exact) mass is 333 g/mol. The van der Waals surface area contributed by atoms with E-state index in [2.05, 4.69) is 21.2 Å². The first-order chi connectivity index (χ1) is 8.97. The summed E-state index contributed by atoms with van der Waals surface area (Å²) in [5.41, 5.74) is 0.815. The molecule has 0 bridgehead atoms. The number of nitrogens with one attached hydrogen (secondary N) is 1. The zero-order valence-electron chi connectivity index (χ0n) is 9.48. The van der Waals surface area contributed by atoms with Gasteiger partial charge in [-0.3, -0.25) is 0 Å². The van der Waals surface area contributed by atoms with Crippen LogP contribution in [0.3, 0.4) is 0 Å². The third kappa shape index (κ3) is 3.26. The van der Waals surface area contributed by atoms with Crippen LogP contribution in [0.5, 0.6) is 0 Å². The van der Waals surface area contributed by atoms with Gasteiger partial charge in [-0.05, 0) is 33.6 Å². The lowest BCUT2D eigenvalue weighted by Crippen LogP contribution is -2.02. The molecule has 6 heteroatoms. The highest BCUT2D eigenvalue weighted by molar-refractivity contribution is 9.10. The van der Waals surface area contributed by atoms with Crippen molar-refractivity contribution in [2.24, 2.45) is 0 Å². The molecule has 0 amide bonds. The maximum atomic E-state index is 13.0. The van der Waals surface area contributed by atoms with Gasteiger partial charge in [0.1, 0.15) is 5.82 Å². The van der Waals surface area contributed by atoms with Crippen LogP contribution in [0.15, 0.2) is 34.8 Å². The van der Waals surface area contributed by atoms with Gasteiger partial charge in [0.05, 0.1) is 4.47 Å². The zero-order valence-corrected chi connectivity index (χ0v) is 11.1. The van der Waals surface area contributed by atoms with Gasteiger partial charge >= 0.3 is 0 Å². The second-order valence-corrected chi connectivity index (χ2v) is 4.71. The molecule has 100 valence electrons. The fraction of sp³-hybridized carbons (Fsp3) is 0.0769. The number of rotatable bonds is 3. The summed E-state index contributed by atoms with van der Waals surface area (Å²) in [5, 5.41) is 2.73. The highest BCUT2D eigenvalue weighted by Gasteiger charge is 2.10. The van der Waals surface area contributed by atoms with E-state index in [4.69, 9.17) is 0 Å². The molecular formula is C13H8BrF4N. The van der Waals surface area contributed by atoms with Crippen molar-refractivity contribution in [3.8, 4) is 0 Å². The molecule has 2 aromatic rings. The largest absolute Gasteiger partial charge is 0.381 e. The molecule has 2 rings (SSSR count). The van der Waals surface area contributed by atoms with Crippen molar-refractivity contribution in [2.45, 2.75) is 6.54 Å². The highest BCUT2D eigenvalue weighted by Crippen LogP contribution is 2.20. The van der Waals surface area contributed by atoms with E-state index < -0.39 is 23.3 Å². The summed E-state index contributed by atoms with van der Waals surface area (Å²) >= 11 is 3.03. The van der Waals surface area contributed by atoms with E-state index in [1.54, 1.807) is 6.07 Å². The molecule has 1 N–H and O–H groups in total. The second-order valence-electron chi connectivity index (χ2n) is 3.86. The molecule has 0 heterocycles. The molecule has 0 fully saturated rings. The Hall–Kier alpha value is -1.56. The lowest BCUT2D eigenvalue weighted by molar-refractivity contribution is 0.447. The van der Waals surface area contributed by atoms with Crippen LogP contribution in [0.4, 0.5) is 23.2 Å². The molecule has 1 nitrogen and oxygen atoms in total. The van der Waals surface area contributed by atoms with Crippen molar-refractivity contribution in [2.75, 3.05) is 5.32 Å². The Kier molecular flexibility index (Phi) is 4.09. The lowest BCUT2D eigenvalue weighted by atomic mass is 10.2. The molecule has 0 saturated heterocycles. The third-order valence-electron chi connectivity index (χ3n) is 2.46.